The maximum absolute atomic E-state index is 12.3. The lowest BCUT2D eigenvalue weighted by Crippen LogP contribution is -2.45. The Morgan fingerprint density at radius 3 is 2.92 bits per heavy atom. The van der Waals surface area contributed by atoms with Crippen LogP contribution >= 0.6 is 0 Å². The number of hydrogen-bond acceptors (Lipinski definition) is 5. The highest BCUT2D eigenvalue weighted by Gasteiger charge is 2.34. The summed E-state index contributed by atoms with van der Waals surface area (Å²) < 4.78 is 4.72. The topological polar surface area (TPSA) is 88.6 Å². The van der Waals surface area contributed by atoms with Gasteiger partial charge in [-0.3, -0.25) is 14.6 Å². The highest BCUT2D eigenvalue weighted by molar-refractivity contribution is 5.99. The second-order valence-electron chi connectivity index (χ2n) is 5.87. The molecule has 1 aliphatic rings. The van der Waals surface area contributed by atoms with Gasteiger partial charge >= 0.3 is 5.97 Å². The molecule has 1 saturated heterocycles. The van der Waals surface area contributed by atoms with Crippen molar-refractivity contribution in [1.29, 1.82) is 0 Å². The number of para-hydroxylation sites is 1. The predicted octanol–water partition coefficient (Wildman–Crippen LogP) is 1.13. The zero-order chi connectivity index (χ0) is 17.8. The van der Waals surface area contributed by atoms with Gasteiger partial charge in [0.1, 0.15) is 6.04 Å². The molecule has 0 aliphatic carbocycles. The minimum atomic E-state index is -0.559. The molecule has 2 heterocycles. The molecule has 7 heteroatoms. The molecule has 0 saturated carbocycles. The van der Waals surface area contributed by atoms with Gasteiger partial charge in [-0.1, -0.05) is 18.2 Å². The zero-order valence-corrected chi connectivity index (χ0v) is 13.9. The number of fused-ring (bicyclic) bond motifs is 1. The number of nitrogens with zero attached hydrogens (tertiary/aromatic N) is 2. The fraction of sp³-hybridized carbons (Fsp3) is 0.333. The number of carbonyl (C=O) groups is 3. The van der Waals surface area contributed by atoms with Gasteiger partial charge in [-0.15, -0.1) is 0 Å². The van der Waals surface area contributed by atoms with E-state index in [4.69, 9.17) is 4.74 Å². The largest absolute Gasteiger partial charge is 0.467 e. The number of methoxy groups -OCH3 is 1. The molecule has 25 heavy (non-hydrogen) atoms. The molecule has 1 aromatic carbocycles. The lowest BCUT2D eigenvalue weighted by molar-refractivity contribution is -0.150. The minimum Gasteiger partial charge on any atom is -0.467 e. The Labute approximate surface area is 145 Å². The first kappa shape index (κ1) is 16.9. The summed E-state index contributed by atoms with van der Waals surface area (Å²) in [6.07, 6.45) is 2.81. The molecular formula is C18H19N3O4. The Hall–Kier alpha value is -2.96. The van der Waals surface area contributed by atoms with Crippen molar-refractivity contribution in [2.24, 2.45) is 0 Å². The molecule has 7 nitrogen and oxygen atoms in total. The van der Waals surface area contributed by atoms with Crippen molar-refractivity contribution in [3.05, 3.63) is 42.1 Å². The molecule has 1 aromatic heterocycles. The van der Waals surface area contributed by atoms with Crippen molar-refractivity contribution in [3.8, 4) is 0 Å². The van der Waals surface area contributed by atoms with Crippen LogP contribution in [0.2, 0.25) is 0 Å². The van der Waals surface area contributed by atoms with Crippen LogP contribution in [0.25, 0.3) is 10.9 Å². The van der Waals surface area contributed by atoms with E-state index in [2.05, 4.69) is 10.3 Å². The van der Waals surface area contributed by atoms with E-state index in [0.717, 1.165) is 17.3 Å². The van der Waals surface area contributed by atoms with Crippen LogP contribution in [0.5, 0.6) is 0 Å². The SMILES string of the molecule is COC(=O)C1CCCN1C(=O)CNC(=O)c1cnc2ccccc2c1. The Morgan fingerprint density at radius 1 is 1.32 bits per heavy atom. The number of pyridine rings is 1. The molecule has 1 unspecified atom stereocenters. The lowest BCUT2D eigenvalue weighted by Gasteiger charge is -2.22. The number of ether oxygens (including phenoxy) is 1. The molecule has 1 aliphatic heterocycles. The number of benzene rings is 1. The van der Waals surface area contributed by atoms with Gasteiger partial charge in [0.15, 0.2) is 0 Å². The maximum atomic E-state index is 12.3. The summed E-state index contributed by atoms with van der Waals surface area (Å²) in [4.78, 5) is 42.0. The zero-order valence-electron chi connectivity index (χ0n) is 13.9. The highest BCUT2D eigenvalue weighted by Crippen LogP contribution is 2.18. The molecule has 0 spiro atoms. The second-order valence-corrected chi connectivity index (χ2v) is 5.87. The third kappa shape index (κ3) is 3.60. The minimum absolute atomic E-state index is 0.168. The first-order chi connectivity index (χ1) is 12.1. The van der Waals surface area contributed by atoms with Crippen LogP contribution in [-0.4, -0.2) is 53.9 Å². The van der Waals surface area contributed by atoms with Crippen molar-refractivity contribution in [2.75, 3.05) is 20.2 Å². The number of esters is 1. The predicted molar refractivity (Wildman–Crippen MR) is 90.8 cm³/mol. The van der Waals surface area contributed by atoms with Crippen LogP contribution in [0.1, 0.15) is 23.2 Å². The second kappa shape index (κ2) is 7.29. The molecule has 1 atom stereocenters. The Bertz CT molecular complexity index is 821. The summed E-state index contributed by atoms with van der Waals surface area (Å²) in [6, 6.07) is 8.65. The van der Waals surface area contributed by atoms with Crippen LogP contribution in [0, 0.1) is 0 Å². The standard InChI is InChI=1S/C18H19N3O4/c1-25-18(24)15-7-4-8-21(15)16(22)11-20-17(23)13-9-12-5-2-3-6-14(12)19-10-13/h2-3,5-6,9-10,15H,4,7-8,11H2,1H3,(H,20,23). The average Bonchev–Trinajstić information content (AvgIpc) is 3.14. The summed E-state index contributed by atoms with van der Waals surface area (Å²) in [5.74, 6) is -1.09. The molecule has 2 aromatic rings. The van der Waals surface area contributed by atoms with Gasteiger partial charge in [0, 0.05) is 18.1 Å². The van der Waals surface area contributed by atoms with Crippen LogP contribution in [0.3, 0.4) is 0 Å². The molecule has 1 N–H and O–H groups in total. The molecule has 2 amide bonds. The first-order valence-electron chi connectivity index (χ1n) is 8.10. The summed E-state index contributed by atoms with van der Waals surface area (Å²) >= 11 is 0. The monoisotopic (exact) mass is 341 g/mol. The number of carbonyl (C=O) groups excluding carboxylic acids is 3. The third-order valence-electron chi connectivity index (χ3n) is 4.30. The van der Waals surface area contributed by atoms with E-state index >= 15 is 0 Å². The van der Waals surface area contributed by atoms with Crippen molar-refractivity contribution < 1.29 is 19.1 Å². The number of aromatic nitrogens is 1. The average molecular weight is 341 g/mol. The van der Waals surface area contributed by atoms with Gasteiger partial charge in [-0.25, -0.2) is 4.79 Å². The summed E-state index contributed by atoms with van der Waals surface area (Å²) in [7, 11) is 1.30. The summed E-state index contributed by atoms with van der Waals surface area (Å²) in [6.45, 7) is 0.325. The fourth-order valence-electron chi connectivity index (χ4n) is 3.00. The van der Waals surface area contributed by atoms with Crippen molar-refractivity contribution in [3.63, 3.8) is 0 Å². The molecule has 130 valence electrons. The van der Waals surface area contributed by atoms with Gasteiger partial charge in [0.2, 0.25) is 5.91 Å². The molecule has 0 bridgehead atoms. The number of rotatable bonds is 4. The van der Waals surface area contributed by atoms with Crippen molar-refractivity contribution in [2.45, 2.75) is 18.9 Å². The van der Waals surface area contributed by atoms with E-state index in [1.807, 2.05) is 24.3 Å². The van der Waals surface area contributed by atoms with Gasteiger partial charge in [0.25, 0.3) is 5.91 Å². The molecule has 3 rings (SSSR count). The van der Waals surface area contributed by atoms with Gasteiger partial charge in [0.05, 0.1) is 24.7 Å². The summed E-state index contributed by atoms with van der Waals surface area (Å²) in [5.41, 5.74) is 1.19. The van der Waals surface area contributed by atoms with Crippen molar-refractivity contribution in [1.82, 2.24) is 15.2 Å². The smallest absolute Gasteiger partial charge is 0.328 e. The normalized spacial score (nSPS) is 16.7. The molecular weight excluding hydrogens is 322 g/mol. The van der Waals surface area contributed by atoms with Crippen molar-refractivity contribution >= 4 is 28.7 Å². The number of amides is 2. The van der Waals surface area contributed by atoms with E-state index in [-0.39, 0.29) is 18.4 Å². The van der Waals surface area contributed by atoms with Gasteiger partial charge < -0.3 is 15.0 Å². The van der Waals surface area contributed by atoms with Crippen LogP contribution in [0.15, 0.2) is 36.5 Å². The van der Waals surface area contributed by atoms with E-state index in [1.54, 1.807) is 6.07 Å². The molecule has 0 radical (unpaired) electrons. The van der Waals surface area contributed by atoms with Crippen LogP contribution in [-0.2, 0) is 14.3 Å². The summed E-state index contributed by atoms with van der Waals surface area (Å²) in [5, 5.41) is 3.45. The number of hydrogen-bond donors (Lipinski definition) is 1. The Balaban J connectivity index is 1.63. The lowest BCUT2D eigenvalue weighted by atomic mass is 10.1. The quantitative estimate of drug-likeness (QED) is 0.842. The van der Waals surface area contributed by atoms with E-state index in [9.17, 15) is 14.4 Å². The van der Waals surface area contributed by atoms with Crippen LogP contribution in [0.4, 0.5) is 0 Å². The van der Waals surface area contributed by atoms with E-state index < -0.39 is 12.0 Å². The van der Waals surface area contributed by atoms with E-state index in [0.29, 0.717) is 18.5 Å². The fourth-order valence-corrected chi connectivity index (χ4v) is 3.00. The van der Waals surface area contributed by atoms with Gasteiger partial charge in [-0.05, 0) is 25.0 Å². The Morgan fingerprint density at radius 2 is 2.12 bits per heavy atom. The molecule has 1 fully saturated rings. The van der Waals surface area contributed by atoms with Gasteiger partial charge in [-0.2, -0.15) is 0 Å². The highest BCUT2D eigenvalue weighted by atomic mass is 16.5. The third-order valence-corrected chi connectivity index (χ3v) is 4.30. The Kier molecular flexibility index (Phi) is 4.92. The van der Waals surface area contributed by atoms with Crippen LogP contribution < -0.4 is 5.32 Å². The van der Waals surface area contributed by atoms with E-state index in [1.165, 1.54) is 18.2 Å². The maximum Gasteiger partial charge on any atom is 0.328 e. The first-order valence-corrected chi connectivity index (χ1v) is 8.10. The number of likely N-dealkylation sites (tertiary alicyclic amines) is 1. The number of nitrogens with one attached hydrogen (secondary N) is 1.